The van der Waals surface area contributed by atoms with E-state index in [4.69, 9.17) is 4.74 Å². The highest BCUT2D eigenvalue weighted by molar-refractivity contribution is 5.99. The first-order valence-electron chi connectivity index (χ1n) is 13.8. The van der Waals surface area contributed by atoms with E-state index >= 15 is 0 Å². The molecular formula is C28H27F10N5O3. The number of carbonyl (C=O) groups excluding carboxylic acids is 2. The first-order valence-corrected chi connectivity index (χ1v) is 13.8. The monoisotopic (exact) mass is 671 g/mol. The van der Waals surface area contributed by atoms with Crippen molar-refractivity contribution in [3.8, 4) is 5.88 Å². The number of amides is 2. The zero-order valence-corrected chi connectivity index (χ0v) is 23.9. The Labute approximate surface area is 254 Å². The van der Waals surface area contributed by atoms with Gasteiger partial charge in [0.2, 0.25) is 5.88 Å². The van der Waals surface area contributed by atoms with E-state index in [1.807, 2.05) is 5.32 Å². The SMILES string of the molecule is Cn1c(Cc2cc(CNC(=O)C(F)F)ccc2C(F)(F)F)nc2cc(C(=O)NC3CCC(C(F)(F)F)CC3)c(OCC(F)F)nc21. The van der Waals surface area contributed by atoms with Crippen LogP contribution >= 0.6 is 0 Å². The van der Waals surface area contributed by atoms with Crippen molar-refractivity contribution in [3.63, 3.8) is 0 Å². The first-order chi connectivity index (χ1) is 21.4. The van der Waals surface area contributed by atoms with Gasteiger partial charge in [-0.05, 0) is 48.9 Å². The Balaban J connectivity index is 1.65. The summed E-state index contributed by atoms with van der Waals surface area (Å²) in [7, 11) is 1.37. The molecule has 0 saturated heterocycles. The van der Waals surface area contributed by atoms with Crippen LogP contribution in [0.15, 0.2) is 24.3 Å². The predicted molar refractivity (Wildman–Crippen MR) is 141 cm³/mol. The van der Waals surface area contributed by atoms with E-state index in [-0.39, 0.29) is 59.4 Å². The number of imidazole rings is 1. The second kappa shape index (κ2) is 13.7. The summed E-state index contributed by atoms with van der Waals surface area (Å²) >= 11 is 0. The summed E-state index contributed by atoms with van der Waals surface area (Å²) in [6, 6.07) is 3.28. The first kappa shape index (κ1) is 34.7. The minimum absolute atomic E-state index is 0.0129. The summed E-state index contributed by atoms with van der Waals surface area (Å²) in [5, 5.41) is 4.47. The minimum Gasteiger partial charge on any atom is -0.471 e. The maximum atomic E-state index is 13.8. The van der Waals surface area contributed by atoms with E-state index in [1.54, 1.807) is 0 Å². The lowest BCUT2D eigenvalue weighted by Crippen LogP contribution is -2.40. The zero-order valence-electron chi connectivity index (χ0n) is 23.9. The molecule has 0 spiro atoms. The van der Waals surface area contributed by atoms with Gasteiger partial charge in [-0.2, -0.15) is 40.1 Å². The van der Waals surface area contributed by atoms with Crippen LogP contribution in [-0.4, -0.2) is 58.0 Å². The molecule has 2 N–H and O–H groups in total. The number of pyridine rings is 1. The molecule has 252 valence electrons. The van der Waals surface area contributed by atoms with Crippen LogP contribution in [0.3, 0.4) is 0 Å². The lowest BCUT2D eigenvalue weighted by molar-refractivity contribution is -0.182. The van der Waals surface area contributed by atoms with Crippen molar-refractivity contribution in [3.05, 3.63) is 52.3 Å². The molecule has 0 atom stereocenters. The van der Waals surface area contributed by atoms with Crippen LogP contribution in [0.4, 0.5) is 43.9 Å². The maximum absolute atomic E-state index is 13.8. The topological polar surface area (TPSA) is 98.1 Å². The van der Waals surface area contributed by atoms with Gasteiger partial charge >= 0.3 is 18.8 Å². The summed E-state index contributed by atoms with van der Waals surface area (Å²) in [6.45, 7) is -1.65. The van der Waals surface area contributed by atoms with E-state index in [0.717, 1.165) is 24.3 Å². The molecule has 0 unspecified atom stereocenters. The highest BCUT2D eigenvalue weighted by Gasteiger charge is 2.41. The highest BCUT2D eigenvalue weighted by atomic mass is 19.4. The molecule has 1 fully saturated rings. The standard InChI is InChI=1S/C28H27F10N5O3/c1-43-21(9-14-8-13(11-39-25(45)22(31)32)2-7-18(14)28(36,37)38)41-19-10-17(26(42-23(19)43)46-12-20(29)30)24(44)40-16-5-3-15(4-6-16)27(33,34)35/h2,7-8,10,15-16,20,22H,3-6,9,11-12H2,1H3,(H,39,45)(H,40,44). The van der Waals surface area contributed by atoms with E-state index < -0.39 is 80.0 Å². The fraction of sp³-hybridized carbons (Fsp3) is 0.500. The van der Waals surface area contributed by atoms with Crippen LogP contribution in [-0.2, 0) is 31.0 Å². The predicted octanol–water partition coefficient (Wildman–Crippen LogP) is 5.95. The molecule has 8 nitrogen and oxygen atoms in total. The third-order valence-corrected chi connectivity index (χ3v) is 7.51. The zero-order chi connectivity index (χ0) is 34.0. The summed E-state index contributed by atoms with van der Waals surface area (Å²) in [5.74, 6) is -4.56. The second-order valence-electron chi connectivity index (χ2n) is 10.7. The van der Waals surface area contributed by atoms with Gasteiger partial charge in [-0.3, -0.25) is 9.59 Å². The molecule has 2 heterocycles. The fourth-order valence-corrected chi connectivity index (χ4v) is 5.16. The number of fused-ring (bicyclic) bond motifs is 1. The van der Waals surface area contributed by atoms with Gasteiger partial charge in [-0.25, -0.2) is 13.8 Å². The van der Waals surface area contributed by atoms with Crippen molar-refractivity contribution in [2.75, 3.05) is 6.61 Å². The Kier molecular flexibility index (Phi) is 10.4. The molecule has 0 aliphatic heterocycles. The van der Waals surface area contributed by atoms with Gasteiger partial charge in [0.15, 0.2) is 12.3 Å². The molecule has 46 heavy (non-hydrogen) atoms. The summed E-state index contributed by atoms with van der Waals surface area (Å²) in [6.07, 6.45) is -16.4. The van der Waals surface area contributed by atoms with Crippen molar-refractivity contribution in [1.82, 2.24) is 25.2 Å². The van der Waals surface area contributed by atoms with Crippen molar-refractivity contribution in [2.45, 2.75) is 69.9 Å². The lowest BCUT2D eigenvalue weighted by atomic mass is 9.85. The molecule has 2 aromatic heterocycles. The molecule has 1 aliphatic carbocycles. The quantitative estimate of drug-likeness (QED) is 0.260. The van der Waals surface area contributed by atoms with Crippen LogP contribution in [0.1, 0.15) is 58.6 Å². The normalized spacial score (nSPS) is 17.5. The summed E-state index contributed by atoms with van der Waals surface area (Å²) < 4.78 is 138. The Morgan fingerprint density at radius 1 is 1.00 bits per heavy atom. The average molecular weight is 672 g/mol. The molecule has 1 saturated carbocycles. The van der Waals surface area contributed by atoms with E-state index in [9.17, 15) is 53.5 Å². The lowest BCUT2D eigenvalue weighted by Gasteiger charge is -2.30. The van der Waals surface area contributed by atoms with Crippen LogP contribution in [0, 0.1) is 5.92 Å². The fourth-order valence-electron chi connectivity index (χ4n) is 5.16. The molecule has 3 aromatic rings. The molecular weight excluding hydrogens is 644 g/mol. The molecule has 18 heteroatoms. The van der Waals surface area contributed by atoms with Crippen LogP contribution in [0.5, 0.6) is 5.88 Å². The number of nitrogens with zero attached hydrogens (tertiary/aromatic N) is 3. The number of benzene rings is 1. The molecule has 0 bridgehead atoms. The van der Waals surface area contributed by atoms with Gasteiger partial charge < -0.3 is 19.9 Å². The van der Waals surface area contributed by atoms with Crippen LogP contribution in [0.2, 0.25) is 0 Å². The molecule has 2 amide bonds. The van der Waals surface area contributed by atoms with E-state index in [0.29, 0.717) is 0 Å². The van der Waals surface area contributed by atoms with Crippen molar-refractivity contribution >= 4 is 23.0 Å². The van der Waals surface area contributed by atoms with Gasteiger partial charge in [0.1, 0.15) is 16.9 Å². The number of nitrogens with one attached hydrogen (secondary N) is 2. The summed E-state index contributed by atoms with van der Waals surface area (Å²) in [5.41, 5.74) is -1.76. The number of hydrogen-bond donors (Lipinski definition) is 2. The number of aryl methyl sites for hydroxylation is 1. The maximum Gasteiger partial charge on any atom is 0.416 e. The minimum atomic E-state index is -4.83. The van der Waals surface area contributed by atoms with E-state index in [2.05, 4.69) is 15.3 Å². The average Bonchev–Trinajstić information content (AvgIpc) is 3.27. The van der Waals surface area contributed by atoms with Crippen LogP contribution in [0.25, 0.3) is 11.2 Å². The third kappa shape index (κ3) is 8.37. The number of halogens is 10. The Hall–Kier alpha value is -4.12. The molecule has 1 aromatic carbocycles. The Bertz CT molecular complexity index is 1560. The molecule has 4 rings (SSSR count). The Morgan fingerprint density at radius 3 is 2.26 bits per heavy atom. The molecule has 1 aliphatic rings. The van der Waals surface area contributed by atoms with Crippen LogP contribution < -0.4 is 15.4 Å². The number of aromatic nitrogens is 3. The van der Waals surface area contributed by atoms with Crippen molar-refractivity contribution < 1.29 is 58.2 Å². The van der Waals surface area contributed by atoms with Gasteiger partial charge in [0, 0.05) is 26.1 Å². The van der Waals surface area contributed by atoms with Gasteiger partial charge in [-0.15, -0.1) is 0 Å². The van der Waals surface area contributed by atoms with Crippen molar-refractivity contribution in [2.24, 2.45) is 13.0 Å². The van der Waals surface area contributed by atoms with Gasteiger partial charge in [0.05, 0.1) is 11.5 Å². The number of ether oxygens (including phenoxy) is 1. The smallest absolute Gasteiger partial charge is 0.416 e. The number of alkyl halides is 10. The van der Waals surface area contributed by atoms with E-state index in [1.165, 1.54) is 11.6 Å². The number of carbonyl (C=O) groups is 2. The summed E-state index contributed by atoms with van der Waals surface area (Å²) in [4.78, 5) is 32.8. The molecule has 0 radical (unpaired) electrons. The number of hydrogen-bond acceptors (Lipinski definition) is 5. The largest absolute Gasteiger partial charge is 0.471 e. The van der Waals surface area contributed by atoms with Gasteiger partial charge in [0.25, 0.3) is 18.2 Å². The third-order valence-electron chi connectivity index (χ3n) is 7.51. The van der Waals surface area contributed by atoms with Crippen molar-refractivity contribution in [1.29, 1.82) is 0 Å². The van der Waals surface area contributed by atoms with Gasteiger partial charge in [-0.1, -0.05) is 12.1 Å². The second-order valence-corrected chi connectivity index (χ2v) is 10.7. The number of rotatable bonds is 10. The highest BCUT2D eigenvalue weighted by Crippen LogP contribution is 2.38. The Morgan fingerprint density at radius 2 is 1.67 bits per heavy atom.